The fourth-order valence-corrected chi connectivity index (χ4v) is 1.75. The smallest absolute Gasteiger partial charge is 0.335 e. The number of aliphatic hydroxyl groups is 1. The second-order valence-corrected chi connectivity index (χ2v) is 3.99. The molecule has 0 spiro atoms. The van der Waals surface area contributed by atoms with Crippen LogP contribution in [0.1, 0.15) is 15.9 Å². The highest BCUT2D eigenvalue weighted by atomic mass is 16.4. The Hall–Kier alpha value is -2.14. The number of benzene rings is 1. The number of carbonyl (C=O) groups is 2. The van der Waals surface area contributed by atoms with Gasteiger partial charge in [-0.2, -0.15) is 0 Å². The molecular weight excluding hydrogens is 246 g/mol. The summed E-state index contributed by atoms with van der Waals surface area (Å²) in [6.45, 7) is 3.95. The predicted molar refractivity (Wildman–Crippen MR) is 71.0 cm³/mol. The lowest BCUT2D eigenvalue weighted by atomic mass is 10.0. The summed E-state index contributed by atoms with van der Waals surface area (Å²) in [5.74, 6) is -1.29. The van der Waals surface area contributed by atoms with Crippen molar-refractivity contribution in [3.05, 3.63) is 48.0 Å². The van der Waals surface area contributed by atoms with E-state index in [0.29, 0.717) is 12.1 Å². The van der Waals surface area contributed by atoms with Gasteiger partial charge in [-0.15, -0.1) is 6.58 Å². The molecule has 2 N–H and O–H groups in total. The molecule has 5 heteroatoms. The maximum Gasteiger partial charge on any atom is 0.335 e. The van der Waals surface area contributed by atoms with Gasteiger partial charge in [-0.05, 0) is 11.6 Å². The summed E-state index contributed by atoms with van der Waals surface area (Å²) in [6.07, 6.45) is 1.56. The maximum atomic E-state index is 12.0. The standard InChI is InChI=1S/C14H17NO4/c1-2-7-15(8-9-16)13(17)10-11-5-3-4-6-12(11)14(18)19/h2-6,16H,1,7-10H2,(H,18,19). The van der Waals surface area contributed by atoms with E-state index in [-0.39, 0.29) is 31.0 Å². The van der Waals surface area contributed by atoms with Gasteiger partial charge >= 0.3 is 5.97 Å². The lowest BCUT2D eigenvalue weighted by Crippen LogP contribution is -2.35. The Morgan fingerprint density at radius 1 is 1.32 bits per heavy atom. The van der Waals surface area contributed by atoms with Gasteiger partial charge in [0.25, 0.3) is 0 Å². The van der Waals surface area contributed by atoms with Crippen LogP contribution in [0.2, 0.25) is 0 Å². The van der Waals surface area contributed by atoms with Gasteiger partial charge in [0, 0.05) is 13.1 Å². The van der Waals surface area contributed by atoms with Crippen LogP contribution >= 0.6 is 0 Å². The molecule has 0 unspecified atom stereocenters. The number of hydrogen-bond acceptors (Lipinski definition) is 3. The lowest BCUT2D eigenvalue weighted by molar-refractivity contribution is -0.130. The van der Waals surface area contributed by atoms with E-state index in [1.807, 2.05) is 0 Å². The molecule has 1 aromatic rings. The number of rotatable bonds is 7. The zero-order chi connectivity index (χ0) is 14.3. The molecule has 0 saturated carbocycles. The summed E-state index contributed by atoms with van der Waals surface area (Å²) in [6, 6.07) is 6.40. The average molecular weight is 263 g/mol. The van der Waals surface area contributed by atoms with E-state index in [9.17, 15) is 9.59 Å². The molecule has 0 aliphatic rings. The van der Waals surface area contributed by atoms with Crippen molar-refractivity contribution >= 4 is 11.9 Å². The Kier molecular flexibility index (Phi) is 5.75. The number of amides is 1. The van der Waals surface area contributed by atoms with Gasteiger partial charge < -0.3 is 15.1 Å². The Balaban J connectivity index is 2.85. The van der Waals surface area contributed by atoms with E-state index in [2.05, 4.69) is 6.58 Å². The maximum absolute atomic E-state index is 12.0. The van der Waals surface area contributed by atoms with E-state index < -0.39 is 5.97 Å². The largest absolute Gasteiger partial charge is 0.478 e. The third kappa shape index (κ3) is 4.22. The minimum atomic E-state index is -1.05. The number of nitrogens with zero attached hydrogens (tertiary/aromatic N) is 1. The number of carbonyl (C=O) groups excluding carboxylic acids is 1. The Labute approximate surface area is 111 Å². The summed E-state index contributed by atoms with van der Waals surface area (Å²) in [5.41, 5.74) is 0.588. The topological polar surface area (TPSA) is 77.8 Å². The van der Waals surface area contributed by atoms with E-state index in [1.54, 1.807) is 24.3 Å². The minimum Gasteiger partial charge on any atom is -0.478 e. The van der Waals surface area contributed by atoms with E-state index >= 15 is 0 Å². The van der Waals surface area contributed by atoms with Gasteiger partial charge in [0.2, 0.25) is 5.91 Å². The molecule has 0 fully saturated rings. The fourth-order valence-electron chi connectivity index (χ4n) is 1.75. The van der Waals surface area contributed by atoms with Gasteiger partial charge in [0.15, 0.2) is 0 Å². The van der Waals surface area contributed by atoms with Crippen LogP contribution in [0.4, 0.5) is 0 Å². The van der Waals surface area contributed by atoms with Gasteiger partial charge in [-0.1, -0.05) is 24.3 Å². The monoisotopic (exact) mass is 263 g/mol. The summed E-state index contributed by atoms with van der Waals surface area (Å²) in [7, 11) is 0. The first-order chi connectivity index (χ1) is 9.10. The first kappa shape index (κ1) is 14.9. The number of carboxylic acids is 1. The summed E-state index contributed by atoms with van der Waals surface area (Å²) < 4.78 is 0. The first-order valence-corrected chi connectivity index (χ1v) is 5.91. The Bertz CT molecular complexity index is 470. The van der Waals surface area contributed by atoms with Gasteiger partial charge in [0.1, 0.15) is 0 Å². The van der Waals surface area contributed by atoms with Gasteiger partial charge in [0.05, 0.1) is 18.6 Å². The third-order valence-electron chi connectivity index (χ3n) is 2.66. The highest BCUT2D eigenvalue weighted by Crippen LogP contribution is 2.11. The van der Waals surface area contributed by atoms with Crippen LogP contribution in [0.15, 0.2) is 36.9 Å². The summed E-state index contributed by atoms with van der Waals surface area (Å²) in [5, 5.41) is 17.9. The normalized spacial score (nSPS) is 9.95. The molecule has 0 radical (unpaired) electrons. The highest BCUT2D eigenvalue weighted by molar-refractivity contribution is 5.91. The van der Waals surface area contributed by atoms with Crippen LogP contribution in [-0.4, -0.2) is 46.7 Å². The average Bonchev–Trinajstić information content (AvgIpc) is 2.38. The van der Waals surface area contributed by atoms with E-state index in [4.69, 9.17) is 10.2 Å². The van der Waals surface area contributed by atoms with Crippen LogP contribution in [-0.2, 0) is 11.2 Å². The number of carboxylic acid groups (broad SMARTS) is 1. The molecular formula is C14H17NO4. The first-order valence-electron chi connectivity index (χ1n) is 5.91. The molecule has 102 valence electrons. The SMILES string of the molecule is C=CCN(CCO)C(=O)Cc1ccccc1C(=O)O. The molecule has 0 heterocycles. The predicted octanol–water partition coefficient (Wildman–Crippen LogP) is 0.934. The zero-order valence-electron chi connectivity index (χ0n) is 10.6. The minimum absolute atomic E-state index is 0.00366. The number of hydrogen-bond donors (Lipinski definition) is 2. The van der Waals surface area contributed by atoms with Crippen LogP contribution < -0.4 is 0 Å². The van der Waals surface area contributed by atoms with Crippen molar-refractivity contribution in [3.63, 3.8) is 0 Å². The van der Waals surface area contributed by atoms with Crippen LogP contribution in [0.3, 0.4) is 0 Å². The van der Waals surface area contributed by atoms with E-state index in [0.717, 1.165) is 0 Å². The zero-order valence-corrected chi connectivity index (χ0v) is 10.6. The lowest BCUT2D eigenvalue weighted by Gasteiger charge is -2.20. The highest BCUT2D eigenvalue weighted by Gasteiger charge is 2.16. The molecule has 19 heavy (non-hydrogen) atoms. The van der Waals surface area contributed by atoms with Crippen molar-refractivity contribution < 1.29 is 19.8 Å². The van der Waals surface area contributed by atoms with Crippen LogP contribution in [0.25, 0.3) is 0 Å². The molecule has 1 rings (SSSR count). The third-order valence-corrected chi connectivity index (χ3v) is 2.66. The summed E-state index contributed by atoms with van der Waals surface area (Å²) >= 11 is 0. The second-order valence-electron chi connectivity index (χ2n) is 3.99. The van der Waals surface area contributed by atoms with E-state index in [1.165, 1.54) is 11.0 Å². The quantitative estimate of drug-likeness (QED) is 0.717. The van der Waals surface area contributed by atoms with Crippen molar-refractivity contribution in [2.45, 2.75) is 6.42 Å². The molecule has 0 aliphatic heterocycles. The van der Waals surface area contributed by atoms with Crippen molar-refractivity contribution in [2.24, 2.45) is 0 Å². The van der Waals surface area contributed by atoms with Crippen molar-refractivity contribution in [3.8, 4) is 0 Å². The molecule has 1 aromatic carbocycles. The molecule has 0 atom stereocenters. The number of aromatic carboxylic acids is 1. The molecule has 1 amide bonds. The van der Waals surface area contributed by atoms with Crippen molar-refractivity contribution in [1.29, 1.82) is 0 Å². The van der Waals surface area contributed by atoms with Crippen molar-refractivity contribution in [2.75, 3.05) is 19.7 Å². The van der Waals surface area contributed by atoms with Crippen LogP contribution in [0.5, 0.6) is 0 Å². The molecule has 0 saturated heterocycles. The van der Waals surface area contributed by atoms with Crippen molar-refractivity contribution in [1.82, 2.24) is 4.90 Å². The molecule has 5 nitrogen and oxygen atoms in total. The van der Waals surface area contributed by atoms with Gasteiger partial charge in [-0.25, -0.2) is 4.79 Å². The van der Waals surface area contributed by atoms with Crippen LogP contribution in [0, 0.1) is 0 Å². The summed E-state index contributed by atoms with van der Waals surface area (Å²) in [4.78, 5) is 24.5. The second kappa shape index (κ2) is 7.33. The molecule has 0 aliphatic carbocycles. The Morgan fingerprint density at radius 3 is 2.58 bits per heavy atom. The number of aliphatic hydroxyl groups excluding tert-OH is 1. The Morgan fingerprint density at radius 2 is 2.00 bits per heavy atom. The molecule has 0 bridgehead atoms. The fraction of sp³-hybridized carbons (Fsp3) is 0.286. The van der Waals surface area contributed by atoms with Gasteiger partial charge in [-0.3, -0.25) is 4.79 Å². The molecule has 0 aromatic heterocycles.